The molecule has 2 atom stereocenters. The fourth-order valence-corrected chi connectivity index (χ4v) is 3.55. The molecule has 0 saturated carbocycles. The van der Waals surface area contributed by atoms with E-state index in [1.54, 1.807) is 6.92 Å². The monoisotopic (exact) mass is 344 g/mol. The van der Waals surface area contributed by atoms with Gasteiger partial charge in [-0.15, -0.1) is 0 Å². The van der Waals surface area contributed by atoms with Gasteiger partial charge in [-0.3, -0.25) is 4.99 Å². The standard InChI is InChI=1S/C19H24N2O2S/c1-5-23-19(22)17-11-16(18(24-17)21-14(4)20)13(3)12(2)15-9-7-6-8-10-15/h6-12,14H,5,20H2,1-4H3/b16-13+,21-18+. The lowest BCUT2D eigenvalue weighted by Crippen LogP contribution is -2.14. The zero-order valence-corrected chi connectivity index (χ0v) is 15.4. The number of nitrogens with two attached hydrogens (primary N) is 1. The van der Waals surface area contributed by atoms with Crippen LogP contribution in [0, 0.1) is 0 Å². The van der Waals surface area contributed by atoms with Crippen LogP contribution in [0.1, 0.15) is 39.2 Å². The molecule has 0 bridgehead atoms. The van der Waals surface area contributed by atoms with Crippen LogP contribution < -0.4 is 5.73 Å². The summed E-state index contributed by atoms with van der Waals surface area (Å²) in [6.07, 6.45) is 1.55. The van der Waals surface area contributed by atoms with Gasteiger partial charge in [0.15, 0.2) is 0 Å². The van der Waals surface area contributed by atoms with E-state index in [0.29, 0.717) is 11.5 Å². The van der Waals surface area contributed by atoms with Gasteiger partial charge in [0.1, 0.15) is 5.04 Å². The van der Waals surface area contributed by atoms with Gasteiger partial charge in [-0.1, -0.05) is 54.6 Å². The van der Waals surface area contributed by atoms with Gasteiger partial charge in [0.25, 0.3) is 0 Å². The first kappa shape index (κ1) is 18.5. The number of nitrogens with zero attached hydrogens (tertiary/aromatic N) is 1. The summed E-state index contributed by atoms with van der Waals surface area (Å²) in [5.74, 6) is -0.0899. The van der Waals surface area contributed by atoms with E-state index in [2.05, 4.69) is 31.0 Å². The molecule has 1 aromatic carbocycles. The molecule has 0 aliphatic carbocycles. The zero-order valence-electron chi connectivity index (χ0n) is 14.6. The Kier molecular flexibility index (Phi) is 6.40. The normalized spacial score (nSPS) is 20.5. The van der Waals surface area contributed by atoms with Gasteiger partial charge < -0.3 is 10.5 Å². The number of esters is 1. The van der Waals surface area contributed by atoms with Gasteiger partial charge in [-0.25, -0.2) is 4.79 Å². The molecule has 128 valence electrons. The molecule has 1 aromatic rings. The first-order valence-corrected chi connectivity index (χ1v) is 8.91. The first-order valence-electron chi connectivity index (χ1n) is 8.10. The number of hydrogen-bond donors (Lipinski definition) is 1. The highest BCUT2D eigenvalue weighted by atomic mass is 32.2. The van der Waals surface area contributed by atoms with Crippen molar-refractivity contribution in [3.05, 3.63) is 58.0 Å². The van der Waals surface area contributed by atoms with E-state index in [0.717, 1.165) is 16.2 Å². The van der Waals surface area contributed by atoms with E-state index in [-0.39, 0.29) is 18.1 Å². The highest BCUT2D eigenvalue weighted by Gasteiger charge is 2.27. The molecular formula is C19H24N2O2S. The van der Waals surface area contributed by atoms with Crippen LogP contribution in [0.15, 0.2) is 57.5 Å². The quantitative estimate of drug-likeness (QED) is 0.820. The van der Waals surface area contributed by atoms with E-state index >= 15 is 0 Å². The minimum Gasteiger partial charge on any atom is -0.462 e. The van der Waals surface area contributed by atoms with Crippen molar-refractivity contribution >= 4 is 22.8 Å². The van der Waals surface area contributed by atoms with Crippen molar-refractivity contribution in [2.75, 3.05) is 6.61 Å². The van der Waals surface area contributed by atoms with E-state index in [4.69, 9.17) is 10.5 Å². The number of ether oxygens (including phenoxy) is 1. The van der Waals surface area contributed by atoms with Gasteiger partial charge in [0, 0.05) is 11.5 Å². The summed E-state index contributed by atoms with van der Waals surface area (Å²) in [5, 5.41) is 0.785. The van der Waals surface area contributed by atoms with Gasteiger partial charge in [0.2, 0.25) is 0 Å². The molecule has 0 aromatic heterocycles. The maximum Gasteiger partial charge on any atom is 0.345 e. The Morgan fingerprint density at radius 3 is 2.54 bits per heavy atom. The second kappa shape index (κ2) is 8.31. The van der Waals surface area contributed by atoms with Crippen LogP contribution in [-0.4, -0.2) is 23.8 Å². The van der Waals surface area contributed by atoms with Gasteiger partial charge in [0.05, 0.1) is 17.7 Å². The molecule has 5 heteroatoms. The molecule has 1 heterocycles. The average molecular weight is 344 g/mol. The molecule has 1 aliphatic heterocycles. The number of rotatable bonds is 5. The SMILES string of the molecule is CCOC(=O)C1=CC(=C(/C)C(C)c2ccccc2)/C(=N\C(C)N)S1. The third kappa shape index (κ3) is 4.36. The van der Waals surface area contributed by atoms with Crippen molar-refractivity contribution in [1.29, 1.82) is 0 Å². The van der Waals surface area contributed by atoms with Crippen LogP contribution >= 0.6 is 11.8 Å². The summed E-state index contributed by atoms with van der Waals surface area (Å²) in [5.41, 5.74) is 9.20. The van der Waals surface area contributed by atoms with E-state index in [1.807, 2.05) is 31.2 Å². The number of carbonyl (C=O) groups excluding carboxylic acids is 1. The first-order chi connectivity index (χ1) is 11.4. The third-order valence-corrected chi connectivity index (χ3v) is 4.91. The molecule has 4 nitrogen and oxygen atoms in total. The molecule has 2 N–H and O–H groups in total. The predicted octanol–water partition coefficient (Wildman–Crippen LogP) is 4.00. The van der Waals surface area contributed by atoms with Crippen LogP contribution in [0.2, 0.25) is 0 Å². The van der Waals surface area contributed by atoms with Crippen molar-refractivity contribution in [3.8, 4) is 0 Å². The third-order valence-electron chi connectivity index (χ3n) is 3.88. The molecule has 24 heavy (non-hydrogen) atoms. The lowest BCUT2D eigenvalue weighted by Gasteiger charge is -2.15. The lowest BCUT2D eigenvalue weighted by molar-refractivity contribution is -0.137. The maximum atomic E-state index is 12.1. The number of allylic oxidation sites excluding steroid dienone is 2. The topological polar surface area (TPSA) is 64.7 Å². The summed E-state index contributed by atoms with van der Waals surface area (Å²) in [4.78, 5) is 17.1. The zero-order chi connectivity index (χ0) is 17.7. The van der Waals surface area contributed by atoms with Crippen LogP contribution in [0.3, 0.4) is 0 Å². The van der Waals surface area contributed by atoms with E-state index in [1.165, 1.54) is 17.3 Å². The number of hydrogen-bond acceptors (Lipinski definition) is 5. The molecule has 0 saturated heterocycles. The maximum absolute atomic E-state index is 12.1. The Morgan fingerprint density at radius 2 is 1.96 bits per heavy atom. The molecule has 0 spiro atoms. The Bertz CT molecular complexity index is 691. The van der Waals surface area contributed by atoms with Crippen LogP contribution in [0.25, 0.3) is 0 Å². The Morgan fingerprint density at radius 1 is 1.29 bits per heavy atom. The second-order valence-corrected chi connectivity index (χ2v) is 6.77. The summed E-state index contributed by atoms with van der Waals surface area (Å²) < 4.78 is 5.12. The summed E-state index contributed by atoms with van der Waals surface area (Å²) in [6, 6.07) is 10.3. The van der Waals surface area contributed by atoms with Gasteiger partial charge in [-0.2, -0.15) is 0 Å². The Hall–Kier alpha value is -1.85. The fourth-order valence-electron chi connectivity index (χ4n) is 2.47. The van der Waals surface area contributed by atoms with Crippen molar-refractivity contribution < 1.29 is 9.53 Å². The number of aliphatic imine (C=N–C) groups is 1. The average Bonchev–Trinajstić information content (AvgIpc) is 2.97. The number of carbonyl (C=O) groups is 1. The van der Waals surface area contributed by atoms with Crippen molar-refractivity contribution in [3.63, 3.8) is 0 Å². The predicted molar refractivity (Wildman–Crippen MR) is 101 cm³/mol. The van der Waals surface area contributed by atoms with Crippen LogP contribution in [0.5, 0.6) is 0 Å². The van der Waals surface area contributed by atoms with Crippen LogP contribution in [0.4, 0.5) is 0 Å². The van der Waals surface area contributed by atoms with E-state index < -0.39 is 0 Å². The summed E-state index contributed by atoms with van der Waals surface area (Å²) in [6.45, 7) is 8.21. The van der Waals surface area contributed by atoms with Crippen molar-refractivity contribution in [1.82, 2.24) is 0 Å². The Balaban J connectivity index is 2.42. The molecule has 0 amide bonds. The molecule has 2 unspecified atom stereocenters. The molecule has 0 radical (unpaired) electrons. The summed E-state index contributed by atoms with van der Waals surface area (Å²) in [7, 11) is 0. The van der Waals surface area contributed by atoms with Crippen LogP contribution in [-0.2, 0) is 9.53 Å². The van der Waals surface area contributed by atoms with E-state index in [9.17, 15) is 4.79 Å². The van der Waals surface area contributed by atoms with Gasteiger partial charge >= 0.3 is 5.97 Å². The Labute approximate surface area is 147 Å². The minimum atomic E-state index is -0.322. The smallest absolute Gasteiger partial charge is 0.345 e. The number of thioether (sulfide) groups is 1. The largest absolute Gasteiger partial charge is 0.462 e. The van der Waals surface area contributed by atoms with Crippen molar-refractivity contribution in [2.24, 2.45) is 10.7 Å². The lowest BCUT2D eigenvalue weighted by atomic mass is 9.90. The van der Waals surface area contributed by atoms with Gasteiger partial charge in [-0.05, 0) is 32.4 Å². The fraction of sp³-hybridized carbons (Fsp3) is 0.368. The summed E-state index contributed by atoms with van der Waals surface area (Å²) >= 11 is 1.33. The van der Waals surface area contributed by atoms with Crippen molar-refractivity contribution in [2.45, 2.75) is 39.8 Å². The second-order valence-electron chi connectivity index (χ2n) is 5.74. The highest BCUT2D eigenvalue weighted by molar-refractivity contribution is 8.18. The molecule has 2 rings (SSSR count). The highest BCUT2D eigenvalue weighted by Crippen LogP contribution is 2.38. The molecule has 0 fully saturated rings. The molecule has 1 aliphatic rings. The number of benzene rings is 1. The molecular weight excluding hydrogens is 320 g/mol. The minimum absolute atomic E-state index is 0.220.